The molecule has 2 rings (SSSR count). The summed E-state index contributed by atoms with van der Waals surface area (Å²) < 4.78 is 0. The first-order valence-electron chi connectivity index (χ1n) is 6.02. The van der Waals surface area contributed by atoms with Crippen molar-refractivity contribution < 1.29 is 0 Å². The third-order valence-electron chi connectivity index (χ3n) is 3.51. The van der Waals surface area contributed by atoms with Crippen LogP contribution in [0.15, 0.2) is 12.3 Å². The van der Waals surface area contributed by atoms with Gasteiger partial charge in [0.25, 0.3) is 0 Å². The van der Waals surface area contributed by atoms with E-state index in [2.05, 4.69) is 24.2 Å². The predicted molar refractivity (Wildman–Crippen MR) is 60.6 cm³/mol. The van der Waals surface area contributed by atoms with E-state index in [0.29, 0.717) is 0 Å². The molecular weight excluding hydrogens is 170 g/mol. The minimum atomic E-state index is 0.810. The van der Waals surface area contributed by atoms with Crippen LogP contribution in [0.3, 0.4) is 0 Å². The Bertz CT molecular complexity index is 267. The number of aromatic nitrogens is 1. The molecule has 1 heteroatoms. The number of rotatable bonds is 1. The molecule has 0 bridgehead atoms. The van der Waals surface area contributed by atoms with Crippen molar-refractivity contribution in [2.75, 3.05) is 0 Å². The van der Waals surface area contributed by atoms with Crippen LogP contribution < -0.4 is 0 Å². The van der Waals surface area contributed by atoms with Gasteiger partial charge in [-0.05, 0) is 37.3 Å². The number of hydrogen-bond acceptors (Lipinski definition) is 0. The van der Waals surface area contributed by atoms with Crippen LogP contribution in [0.5, 0.6) is 0 Å². The van der Waals surface area contributed by atoms with Gasteiger partial charge in [0.2, 0.25) is 0 Å². The van der Waals surface area contributed by atoms with Gasteiger partial charge in [-0.3, -0.25) is 0 Å². The molecule has 1 nitrogen and oxygen atoms in total. The summed E-state index contributed by atoms with van der Waals surface area (Å²) in [6.45, 7) is 2.23. The van der Waals surface area contributed by atoms with Crippen molar-refractivity contribution in [1.29, 1.82) is 0 Å². The first-order valence-corrected chi connectivity index (χ1v) is 6.02. The molecule has 0 radical (unpaired) electrons. The van der Waals surface area contributed by atoms with Crippen LogP contribution in [0.4, 0.5) is 0 Å². The average molecular weight is 191 g/mol. The fraction of sp³-hybridized carbons (Fsp3) is 0.692. The molecule has 0 unspecified atom stereocenters. The summed E-state index contributed by atoms with van der Waals surface area (Å²) in [6.07, 6.45) is 12.0. The predicted octanol–water partition coefficient (Wildman–Crippen LogP) is 4.15. The molecule has 1 aliphatic rings. The van der Waals surface area contributed by atoms with E-state index in [9.17, 15) is 0 Å². The molecule has 0 aliphatic heterocycles. The second kappa shape index (κ2) is 4.68. The van der Waals surface area contributed by atoms with Crippen molar-refractivity contribution in [2.45, 2.75) is 57.8 Å². The molecule has 1 N–H and O–H groups in total. The number of H-pyrrole nitrogens is 1. The van der Waals surface area contributed by atoms with Crippen LogP contribution in [-0.2, 0) is 0 Å². The maximum atomic E-state index is 3.42. The van der Waals surface area contributed by atoms with E-state index in [1.54, 1.807) is 0 Å². The highest BCUT2D eigenvalue weighted by Crippen LogP contribution is 2.31. The zero-order valence-electron chi connectivity index (χ0n) is 9.18. The Morgan fingerprint density at radius 1 is 1.07 bits per heavy atom. The van der Waals surface area contributed by atoms with E-state index in [1.807, 2.05) is 0 Å². The molecule has 1 fully saturated rings. The van der Waals surface area contributed by atoms with E-state index in [4.69, 9.17) is 0 Å². The minimum absolute atomic E-state index is 0.810. The molecular formula is C13H21N. The summed E-state index contributed by atoms with van der Waals surface area (Å²) >= 11 is 0. The summed E-state index contributed by atoms with van der Waals surface area (Å²) in [4.78, 5) is 3.42. The van der Waals surface area contributed by atoms with Crippen molar-refractivity contribution >= 4 is 0 Å². The molecule has 0 amide bonds. The Hall–Kier alpha value is -0.720. The highest BCUT2D eigenvalue weighted by atomic mass is 14.7. The number of nitrogens with one attached hydrogen (secondary N) is 1. The fourth-order valence-corrected chi connectivity index (χ4v) is 2.64. The second-order valence-corrected chi connectivity index (χ2v) is 4.62. The van der Waals surface area contributed by atoms with E-state index in [0.717, 1.165) is 5.92 Å². The molecule has 1 aromatic rings. The fourth-order valence-electron chi connectivity index (χ4n) is 2.64. The van der Waals surface area contributed by atoms with Gasteiger partial charge in [-0.1, -0.05) is 32.1 Å². The highest BCUT2D eigenvalue weighted by Gasteiger charge is 2.15. The second-order valence-electron chi connectivity index (χ2n) is 4.62. The first kappa shape index (κ1) is 9.82. The van der Waals surface area contributed by atoms with Gasteiger partial charge in [0, 0.05) is 11.9 Å². The largest absolute Gasteiger partial charge is 0.365 e. The molecule has 78 valence electrons. The van der Waals surface area contributed by atoms with Crippen LogP contribution in [0.25, 0.3) is 0 Å². The topological polar surface area (TPSA) is 15.8 Å². The van der Waals surface area contributed by atoms with Gasteiger partial charge in [-0.2, -0.15) is 0 Å². The molecule has 0 spiro atoms. The zero-order chi connectivity index (χ0) is 9.80. The summed E-state index contributed by atoms with van der Waals surface area (Å²) in [7, 11) is 0. The van der Waals surface area contributed by atoms with Crippen LogP contribution >= 0.6 is 0 Å². The van der Waals surface area contributed by atoms with Gasteiger partial charge in [-0.25, -0.2) is 0 Å². The van der Waals surface area contributed by atoms with E-state index in [1.165, 1.54) is 56.2 Å². The Morgan fingerprint density at radius 3 is 2.29 bits per heavy atom. The maximum Gasteiger partial charge on any atom is 0.0208 e. The molecule has 0 aromatic carbocycles. The van der Waals surface area contributed by atoms with Gasteiger partial charge in [0.05, 0.1) is 0 Å². The summed E-state index contributed by atoms with van der Waals surface area (Å²) in [5.74, 6) is 0.810. The van der Waals surface area contributed by atoms with Crippen LogP contribution in [0.2, 0.25) is 0 Å². The molecule has 1 heterocycles. The van der Waals surface area contributed by atoms with E-state index >= 15 is 0 Å². The minimum Gasteiger partial charge on any atom is -0.365 e. The van der Waals surface area contributed by atoms with Crippen molar-refractivity contribution in [2.24, 2.45) is 0 Å². The lowest BCUT2D eigenvalue weighted by Crippen LogP contribution is -2.03. The van der Waals surface area contributed by atoms with E-state index in [-0.39, 0.29) is 0 Å². The lowest BCUT2D eigenvalue weighted by atomic mass is 9.88. The van der Waals surface area contributed by atoms with E-state index < -0.39 is 0 Å². The van der Waals surface area contributed by atoms with Crippen LogP contribution in [0.1, 0.15) is 62.1 Å². The zero-order valence-corrected chi connectivity index (χ0v) is 9.18. The summed E-state index contributed by atoms with van der Waals surface area (Å²) in [6, 6.07) is 2.20. The Labute approximate surface area is 86.9 Å². The van der Waals surface area contributed by atoms with Crippen molar-refractivity contribution in [3.8, 4) is 0 Å². The smallest absolute Gasteiger partial charge is 0.0208 e. The van der Waals surface area contributed by atoms with Crippen molar-refractivity contribution in [1.82, 2.24) is 4.98 Å². The molecule has 0 saturated heterocycles. The Balaban J connectivity index is 2.04. The summed E-state index contributed by atoms with van der Waals surface area (Å²) in [5.41, 5.74) is 2.96. The van der Waals surface area contributed by atoms with Crippen LogP contribution in [0, 0.1) is 6.92 Å². The van der Waals surface area contributed by atoms with Gasteiger partial charge < -0.3 is 4.98 Å². The SMILES string of the molecule is Cc1cc[nH]c1C1CCCCCCC1. The number of aromatic amines is 1. The van der Waals surface area contributed by atoms with Gasteiger partial charge >= 0.3 is 0 Å². The summed E-state index contributed by atoms with van der Waals surface area (Å²) in [5, 5.41) is 0. The standard InChI is InChI=1S/C13H21N/c1-11-9-10-14-13(11)12-7-5-3-2-4-6-8-12/h9-10,12,14H,2-8H2,1H3. The molecule has 1 aliphatic carbocycles. The highest BCUT2D eigenvalue weighted by molar-refractivity contribution is 5.22. The average Bonchev–Trinajstić information content (AvgIpc) is 2.51. The van der Waals surface area contributed by atoms with Crippen molar-refractivity contribution in [3.63, 3.8) is 0 Å². The molecule has 0 atom stereocenters. The van der Waals surface area contributed by atoms with Gasteiger partial charge in [-0.15, -0.1) is 0 Å². The third kappa shape index (κ3) is 2.20. The Kier molecular flexibility index (Phi) is 3.28. The number of aryl methyl sites for hydroxylation is 1. The quantitative estimate of drug-likeness (QED) is 0.686. The number of hydrogen-bond donors (Lipinski definition) is 1. The molecule has 1 aromatic heterocycles. The van der Waals surface area contributed by atoms with Crippen LogP contribution in [-0.4, -0.2) is 4.98 Å². The third-order valence-corrected chi connectivity index (χ3v) is 3.51. The normalized spacial score (nSPS) is 20.4. The van der Waals surface area contributed by atoms with Gasteiger partial charge in [0.15, 0.2) is 0 Å². The lowest BCUT2D eigenvalue weighted by Gasteiger charge is -2.19. The monoisotopic (exact) mass is 191 g/mol. The molecule has 1 saturated carbocycles. The van der Waals surface area contributed by atoms with Gasteiger partial charge in [0.1, 0.15) is 0 Å². The first-order chi connectivity index (χ1) is 6.88. The molecule has 14 heavy (non-hydrogen) atoms. The maximum absolute atomic E-state index is 3.42. The Morgan fingerprint density at radius 2 is 1.71 bits per heavy atom. The lowest BCUT2D eigenvalue weighted by molar-refractivity contribution is 0.449. The van der Waals surface area contributed by atoms with Crippen molar-refractivity contribution in [3.05, 3.63) is 23.5 Å².